The minimum absolute atomic E-state index is 0.0697. The maximum Gasteiger partial charge on any atom is 0.333 e. The Labute approximate surface area is 177 Å². The number of methoxy groups -OCH3 is 2. The third-order valence-electron chi connectivity index (χ3n) is 6.32. The van der Waals surface area contributed by atoms with Crippen LogP contribution in [0.15, 0.2) is 35.5 Å². The van der Waals surface area contributed by atoms with Crippen molar-refractivity contribution in [2.75, 3.05) is 14.2 Å². The number of carbonyl (C=O) groups is 3. The Morgan fingerprint density at radius 1 is 1.33 bits per heavy atom. The van der Waals surface area contributed by atoms with Crippen LogP contribution in [-0.4, -0.2) is 55.4 Å². The van der Waals surface area contributed by atoms with Crippen LogP contribution < -0.4 is 0 Å². The van der Waals surface area contributed by atoms with Crippen molar-refractivity contribution in [1.82, 2.24) is 0 Å². The number of ether oxygens (including phenoxy) is 3. The van der Waals surface area contributed by atoms with E-state index < -0.39 is 36.2 Å². The number of hydrogen-bond acceptors (Lipinski definition) is 7. The largest absolute Gasteiger partial charge is 0.466 e. The Morgan fingerprint density at radius 2 is 1.97 bits per heavy atom. The fourth-order valence-electron chi connectivity index (χ4n) is 4.15. The van der Waals surface area contributed by atoms with Crippen LogP contribution in [0.2, 0.25) is 0 Å². The average molecular weight is 421 g/mol. The second-order valence-electron chi connectivity index (χ2n) is 8.59. The molecule has 0 aromatic heterocycles. The van der Waals surface area contributed by atoms with E-state index in [1.165, 1.54) is 20.3 Å². The first-order valence-corrected chi connectivity index (χ1v) is 10.0. The molecule has 0 radical (unpaired) electrons. The Hall–Kier alpha value is -2.25. The first-order chi connectivity index (χ1) is 14.0. The van der Waals surface area contributed by atoms with Crippen LogP contribution in [0.3, 0.4) is 0 Å². The molecule has 2 aliphatic rings. The number of rotatable bonds is 9. The number of aliphatic hydroxyl groups is 1. The molecule has 1 N–H and O–H groups in total. The number of esters is 2. The molecule has 2 aliphatic carbocycles. The number of hydrogen-bond donors (Lipinski definition) is 1. The van der Waals surface area contributed by atoms with Crippen molar-refractivity contribution in [2.45, 2.75) is 58.8 Å². The lowest BCUT2D eigenvalue weighted by Crippen LogP contribution is -2.27. The van der Waals surface area contributed by atoms with Crippen molar-refractivity contribution < 1.29 is 33.7 Å². The topological polar surface area (TPSA) is 99.1 Å². The highest BCUT2D eigenvalue weighted by Crippen LogP contribution is 2.60. The molecule has 2 rings (SSSR count). The molecule has 30 heavy (non-hydrogen) atoms. The zero-order chi connectivity index (χ0) is 22.8. The van der Waals surface area contributed by atoms with E-state index >= 15 is 0 Å². The van der Waals surface area contributed by atoms with E-state index in [1.54, 1.807) is 19.9 Å². The van der Waals surface area contributed by atoms with Gasteiger partial charge in [-0.15, -0.1) is 6.58 Å². The van der Waals surface area contributed by atoms with Crippen LogP contribution in [0.5, 0.6) is 0 Å². The van der Waals surface area contributed by atoms with Gasteiger partial charge in [-0.3, -0.25) is 9.59 Å². The Balaban J connectivity index is 2.08. The lowest BCUT2D eigenvalue weighted by atomic mass is 10.0. The second kappa shape index (κ2) is 9.27. The fraction of sp³-hybridized carbons (Fsp3) is 0.609. The molecule has 0 aliphatic heterocycles. The predicted octanol–water partition coefficient (Wildman–Crippen LogP) is 2.53. The highest BCUT2D eigenvalue weighted by molar-refractivity contribution is 6.00. The van der Waals surface area contributed by atoms with Gasteiger partial charge >= 0.3 is 11.9 Å². The standard InChI is InChI=1S/C23H32O7/c1-8-18(28-6)17(25)10-14-13(3)19(11-16(14)24)30-22(27)20-15(23(20,4)5)9-12(2)21(26)29-7/h8-9,15,17-20,25H,1,10-11H2,2-7H3/b12-9+/t15-,17-,18+,19?,20+/m1/s1. The first-order valence-electron chi connectivity index (χ1n) is 10.0. The van der Waals surface area contributed by atoms with Gasteiger partial charge in [0.1, 0.15) is 12.2 Å². The van der Waals surface area contributed by atoms with Crippen molar-refractivity contribution in [3.8, 4) is 0 Å². The van der Waals surface area contributed by atoms with E-state index in [0.29, 0.717) is 16.7 Å². The number of ketones is 1. The summed E-state index contributed by atoms with van der Waals surface area (Å²) in [5, 5.41) is 10.3. The van der Waals surface area contributed by atoms with E-state index in [0.717, 1.165) is 0 Å². The van der Waals surface area contributed by atoms with Crippen molar-refractivity contribution in [3.05, 3.63) is 35.5 Å². The smallest absolute Gasteiger partial charge is 0.333 e. The van der Waals surface area contributed by atoms with Gasteiger partial charge in [-0.1, -0.05) is 26.0 Å². The third kappa shape index (κ3) is 4.73. The maximum absolute atomic E-state index is 12.8. The minimum atomic E-state index is -0.908. The Kier molecular flexibility index (Phi) is 7.42. The molecule has 0 aromatic rings. The summed E-state index contributed by atoms with van der Waals surface area (Å²) in [5.74, 6) is -1.49. The van der Waals surface area contributed by atoms with Crippen LogP contribution >= 0.6 is 0 Å². The zero-order valence-electron chi connectivity index (χ0n) is 18.6. The lowest BCUT2D eigenvalue weighted by molar-refractivity contribution is -0.150. The number of aliphatic hydroxyl groups excluding tert-OH is 1. The molecule has 7 heteroatoms. The highest BCUT2D eigenvalue weighted by Gasteiger charge is 2.62. The summed E-state index contributed by atoms with van der Waals surface area (Å²) in [5.41, 5.74) is 1.23. The van der Waals surface area contributed by atoms with Crippen LogP contribution in [0, 0.1) is 17.3 Å². The van der Waals surface area contributed by atoms with Gasteiger partial charge in [0.2, 0.25) is 0 Å². The number of carbonyl (C=O) groups excluding carboxylic acids is 3. The molecular weight excluding hydrogens is 388 g/mol. The van der Waals surface area contributed by atoms with Gasteiger partial charge in [-0.25, -0.2) is 4.79 Å². The van der Waals surface area contributed by atoms with E-state index in [1.807, 2.05) is 13.8 Å². The number of Topliss-reactive ketones (excluding diaryl/α,β-unsaturated/α-hetero) is 1. The van der Waals surface area contributed by atoms with Gasteiger partial charge < -0.3 is 19.3 Å². The van der Waals surface area contributed by atoms with Crippen molar-refractivity contribution >= 4 is 17.7 Å². The molecule has 0 spiro atoms. The molecule has 1 fully saturated rings. The predicted molar refractivity (Wildman–Crippen MR) is 110 cm³/mol. The maximum atomic E-state index is 12.8. The van der Waals surface area contributed by atoms with Crippen LogP contribution in [-0.2, 0) is 28.6 Å². The summed E-state index contributed by atoms with van der Waals surface area (Å²) in [4.78, 5) is 36.9. The van der Waals surface area contributed by atoms with Crippen molar-refractivity contribution in [3.63, 3.8) is 0 Å². The average Bonchev–Trinajstić information content (AvgIpc) is 3.13. The lowest BCUT2D eigenvalue weighted by Gasteiger charge is -2.19. The monoisotopic (exact) mass is 420 g/mol. The summed E-state index contributed by atoms with van der Waals surface area (Å²) >= 11 is 0. The van der Waals surface area contributed by atoms with Gasteiger partial charge in [0.25, 0.3) is 0 Å². The third-order valence-corrected chi connectivity index (χ3v) is 6.32. The summed E-state index contributed by atoms with van der Waals surface area (Å²) < 4.78 is 15.5. The first kappa shape index (κ1) is 24.0. The van der Waals surface area contributed by atoms with Crippen molar-refractivity contribution in [2.24, 2.45) is 17.3 Å². The van der Waals surface area contributed by atoms with E-state index in [4.69, 9.17) is 14.2 Å². The molecule has 0 amide bonds. The van der Waals surface area contributed by atoms with Gasteiger partial charge in [-0.2, -0.15) is 0 Å². The van der Waals surface area contributed by atoms with Crippen molar-refractivity contribution in [1.29, 1.82) is 0 Å². The molecule has 1 unspecified atom stereocenters. The van der Waals surface area contributed by atoms with Gasteiger partial charge in [0.15, 0.2) is 5.78 Å². The summed E-state index contributed by atoms with van der Waals surface area (Å²) in [6.45, 7) is 10.9. The molecule has 1 saturated carbocycles. The van der Waals surface area contributed by atoms with Crippen LogP contribution in [0.4, 0.5) is 0 Å². The number of allylic oxidation sites excluding steroid dienone is 1. The molecule has 0 saturated heterocycles. The van der Waals surface area contributed by atoms with Gasteiger partial charge in [0.05, 0.1) is 25.6 Å². The normalized spacial score (nSPS) is 27.5. The van der Waals surface area contributed by atoms with E-state index in [-0.39, 0.29) is 30.0 Å². The molecule has 0 heterocycles. The Morgan fingerprint density at radius 3 is 2.50 bits per heavy atom. The Bertz CT molecular complexity index is 789. The minimum Gasteiger partial charge on any atom is -0.466 e. The second-order valence-corrected chi connectivity index (χ2v) is 8.59. The van der Waals surface area contributed by atoms with Crippen LogP contribution in [0.25, 0.3) is 0 Å². The van der Waals surface area contributed by atoms with Gasteiger partial charge in [0, 0.05) is 24.7 Å². The fourth-order valence-corrected chi connectivity index (χ4v) is 4.15. The highest BCUT2D eigenvalue weighted by atomic mass is 16.5. The SMILES string of the molecule is C=C[C@H](OC)[C@H](O)CC1=C(C)C(OC(=O)[C@@H]2[C@@H](/C=C(\C)C(=O)OC)C2(C)C)CC1=O. The molecule has 166 valence electrons. The molecular formula is C23H32O7. The van der Waals surface area contributed by atoms with E-state index in [2.05, 4.69) is 6.58 Å². The summed E-state index contributed by atoms with van der Waals surface area (Å²) in [6, 6.07) is 0. The van der Waals surface area contributed by atoms with Gasteiger partial charge in [-0.05, 0) is 30.8 Å². The molecule has 0 bridgehead atoms. The zero-order valence-corrected chi connectivity index (χ0v) is 18.6. The molecule has 7 nitrogen and oxygen atoms in total. The quantitative estimate of drug-likeness (QED) is 0.348. The summed E-state index contributed by atoms with van der Waals surface area (Å²) in [6.07, 6.45) is 1.28. The molecule has 0 aromatic carbocycles. The summed E-state index contributed by atoms with van der Waals surface area (Å²) in [7, 11) is 2.77. The van der Waals surface area contributed by atoms with Crippen LogP contribution in [0.1, 0.15) is 40.5 Å². The van der Waals surface area contributed by atoms with E-state index in [9.17, 15) is 19.5 Å². The molecule has 5 atom stereocenters.